The zero-order valence-electron chi connectivity index (χ0n) is 9.18. The predicted molar refractivity (Wildman–Crippen MR) is 61.8 cm³/mol. The Hall–Kier alpha value is -1.03. The smallest absolute Gasteiger partial charge is 0.128 e. The lowest BCUT2D eigenvalue weighted by Gasteiger charge is -2.36. The Kier molecular flexibility index (Phi) is 2.96. The first-order valence-corrected chi connectivity index (χ1v) is 5.27. The summed E-state index contributed by atoms with van der Waals surface area (Å²) in [5.41, 5.74) is 0.702. The number of pyridine rings is 1. The minimum atomic E-state index is 0.258. The van der Waals surface area contributed by atoms with Crippen molar-refractivity contribution in [3.05, 3.63) is 18.3 Å². The lowest BCUT2D eigenvalue weighted by Crippen LogP contribution is -2.45. The van der Waals surface area contributed by atoms with E-state index in [1.807, 2.05) is 12.1 Å². The van der Waals surface area contributed by atoms with Crippen LogP contribution in [0.3, 0.4) is 0 Å². The molecule has 0 aromatic carbocycles. The van der Waals surface area contributed by atoms with Gasteiger partial charge in [-0.15, -0.1) is 0 Å². The number of anilines is 1. The van der Waals surface area contributed by atoms with Crippen molar-refractivity contribution >= 4 is 19.1 Å². The molecule has 0 bridgehead atoms. The SMILES string of the molecule is [B]c1ccc(N2C[C@@H](C)O[C@@H](C)C2)nc1. The Morgan fingerprint density at radius 2 is 2.00 bits per heavy atom. The van der Waals surface area contributed by atoms with Crippen LogP contribution in [0.25, 0.3) is 0 Å². The van der Waals surface area contributed by atoms with Gasteiger partial charge in [-0.1, -0.05) is 11.5 Å². The van der Waals surface area contributed by atoms with Crippen molar-refractivity contribution in [3.8, 4) is 0 Å². The fourth-order valence-corrected chi connectivity index (χ4v) is 1.95. The number of aromatic nitrogens is 1. The fourth-order valence-electron chi connectivity index (χ4n) is 1.95. The van der Waals surface area contributed by atoms with Crippen LogP contribution in [-0.2, 0) is 4.74 Å². The van der Waals surface area contributed by atoms with Gasteiger partial charge in [0.15, 0.2) is 0 Å². The molecule has 1 aromatic rings. The summed E-state index contributed by atoms with van der Waals surface area (Å²) in [6.45, 7) is 5.95. The van der Waals surface area contributed by atoms with Gasteiger partial charge in [0.25, 0.3) is 0 Å². The zero-order valence-corrected chi connectivity index (χ0v) is 9.18. The maximum absolute atomic E-state index is 5.67. The molecular weight excluding hydrogens is 187 g/mol. The molecule has 2 rings (SSSR count). The summed E-state index contributed by atoms with van der Waals surface area (Å²) < 4.78 is 5.67. The lowest BCUT2D eigenvalue weighted by atomic mass is 9.99. The van der Waals surface area contributed by atoms with Crippen LogP contribution in [0.5, 0.6) is 0 Å². The van der Waals surface area contributed by atoms with Crippen LogP contribution in [0.4, 0.5) is 5.82 Å². The predicted octanol–water partition coefficient (Wildman–Crippen LogP) is 0.489. The summed E-state index contributed by atoms with van der Waals surface area (Å²) in [6, 6.07) is 3.84. The van der Waals surface area contributed by atoms with E-state index in [1.54, 1.807) is 6.20 Å². The van der Waals surface area contributed by atoms with Crippen molar-refractivity contribution < 1.29 is 4.74 Å². The minimum absolute atomic E-state index is 0.258. The number of nitrogens with zero attached hydrogens (tertiary/aromatic N) is 2. The largest absolute Gasteiger partial charge is 0.372 e. The van der Waals surface area contributed by atoms with Crippen molar-refractivity contribution in [2.45, 2.75) is 26.1 Å². The van der Waals surface area contributed by atoms with E-state index in [4.69, 9.17) is 12.6 Å². The van der Waals surface area contributed by atoms with Crippen LogP contribution in [0.1, 0.15) is 13.8 Å². The third kappa shape index (κ3) is 2.51. The van der Waals surface area contributed by atoms with Crippen molar-refractivity contribution in [2.24, 2.45) is 0 Å². The molecule has 0 saturated carbocycles. The molecule has 0 unspecified atom stereocenters. The first-order chi connectivity index (χ1) is 7.15. The van der Waals surface area contributed by atoms with Gasteiger partial charge in [-0.2, -0.15) is 0 Å². The molecule has 1 aliphatic rings. The van der Waals surface area contributed by atoms with Gasteiger partial charge in [0.05, 0.1) is 12.2 Å². The summed E-state index contributed by atoms with van der Waals surface area (Å²) in [5.74, 6) is 0.978. The van der Waals surface area contributed by atoms with Gasteiger partial charge in [0, 0.05) is 19.3 Å². The summed E-state index contributed by atoms with van der Waals surface area (Å²) in [7, 11) is 5.61. The number of rotatable bonds is 1. The van der Waals surface area contributed by atoms with Crippen LogP contribution in [-0.4, -0.2) is 38.1 Å². The second kappa shape index (κ2) is 4.23. The van der Waals surface area contributed by atoms with E-state index in [9.17, 15) is 0 Å². The highest BCUT2D eigenvalue weighted by atomic mass is 16.5. The average Bonchev–Trinajstić information content (AvgIpc) is 2.17. The molecule has 0 N–H and O–H groups in total. The van der Waals surface area contributed by atoms with Crippen LogP contribution in [0.2, 0.25) is 0 Å². The molecule has 0 aliphatic carbocycles. The first-order valence-electron chi connectivity index (χ1n) is 5.27. The second-order valence-electron chi connectivity index (χ2n) is 4.11. The second-order valence-corrected chi connectivity index (χ2v) is 4.11. The van der Waals surface area contributed by atoms with Crippen molar-refractivity contribution in [3.63, 3.8) is 0 Å². The van der Waals surface area contributed by atoms with Crippen molar-refractivity contribution in [1.29, 1.82) is 0 Å². The van der Waals surface area contributed by atoms with E-state index >= 15 is 0 Å². The normalized spacial score (nSPS) is 26.7. The summed E-state index contributed by atoms with van der Waals surface area (Å²) in [5, 5.41) is 0. The maximum Gasteiger partial charge on any atom is 0.128 e. The Morgan fingerprint density at radius 3 is 2.53 bits per heavy atom. The zero-order chi connectivity index (χ0) is 10.8. The molecule has 2 atom stereocenters. The highest BCUT2D eigenvalue weighted by Crippen LogP contribution is 2.16. The highest BCUT2D eigenvalue weighted by Gasteiger charge is 2.22. The van der Waals surface area contributed by atoms with Gasteiger partial charge >= 0.3 is 0 Å². The summed E-state index contributed by atoms with van der Waals surface area (Å²) in [4.78, 5) is 6.55. The maximum atomic E-state index is 5.67. The van der Waals surface area contributed by atoms with Crippen LogP contribution >= 0.6 is 0 Å². The van der Waals surface area contributed by atoms with Gasteiger partial charge in [0.2, 0.25) is 0 Å². The van der Waals surface area contributed by atoms with Gasteiger partial charge in [-0.05, 0) is 19.9 Å². The minimum Gasteiger partial charge on any atom is -0.372 e. The van der Waals surface area contributed by atoms with Gasteiger partial charge in [0.1, 0.15) is 13.7 Å². The van der Waals surface area contributed by atoms with Crippen LogP contribution < -0.4 is 10.4 Å². The van der Waals surface area contributed by atoms with E-state index in [-0.39, 0.29) is 12.2 Å². The number of morpholine rings is 1. The molecule has 15 heavy (non-hydrogen) atoms. The van der Waals surface area contributed by atoms with Crippen molar-refractivity contribution in [1.82, 2.24) is 4.98 Å². The Morgan fingerprint density at radius 1 is 1.33 bits per heavy atom. The number of ether oxygens (including phenoxy) is 1. The van der Waals surface area contributed by atoms with E-state index in [1.165, 1.54) is 0 Å². The Bertz CT molecular complexity index is 318. The van der Waals surface area contributed by atoms with E-state index in [0.29, 0.717) is 5.46 Å². The lowest BCUT2D eigenvalue weighted by molar-refractivity contribution is -0.00545. The third-order valence-corrected chi connectivity index (χ3v) is 2.51. The van der Waals surface area contributed by atoms with Crippen LogP contribution in [0.15, 0.2) is 18.3 Å². The molecule has 0 amide bonds. The fraction of sp³-hybridized carbons (Fsp3) is 0.545. The Labute approximate surface area is 91.9 Å². The van der Waals surface area contributed by atoms with E-state index in [0.717, 1.165) is 18.9 Å². The number of hydrogen-bond acceptors (Lipinski definition) is 3. The van der Waals surface area contributed by atoms with Crippen molar-refractivity contribution in [2.75, 3.05) is 18.0 Å². The summed E-state index contributed by atoms with van der Waals surface area (Å²) >= 11 is 0. The molecule has 1 fully saturated rings. The van der Waals surface area contributed by atoms with Gasteiger partial charge in [-0.25, -0.2) is 4.98 Å². The molecule has 1 saturated heterocycles. The molecule has 1 aromatic heterocycles. The average molecular weight is 202 g/mol. The molecule has 1 aliphatic heterocycles. The summed E-state index contributed by atoms with van der Waals surface area (Å²) in [6.07, 6.45) is 2.21. The number of hydrogen-bond donors (Lipinski definition) is 0. The molecule has 4 heteroatoms. The first kappa shape index (κ1) is 10.5. The Balaban J connectivity index is 2.12. The molecular formula is C11H15BN2O. The quantitative estimate of drug-likeness (QED) is 0.619. The standard InChI is InChI=1S/C11H15BN2O/c1-8-6-14(7-9(2)15-8)11-4-3-10(12)5-13-11/h3-5,8-9H,6-7H2,1-2H3/t8-,9+. The molecule has 0 spiro atoms. The third-order valence-electron chi connectivity index (χ3n) is 2.51. The topological polar surface area (TPSA) is 25.4 Å². The van der Waals surface area contributed by atoms with E-state index < -0.39 is 0 Å². The van der Waals surface area contributed by atoms with Gasteiger partial charge in [-0.3, -0.25) is 0 Å². The molecule has 2 heterocycles. The highest BCUT2D eigenvalue weighted by molar-refractivity contribution is 6.32. The molecule has 2 radical (unpaired) electrons. The van der Waals surface area contributed by atoms with Crippen LogP contribution in [0, 0.1) is 0 Å². The monoisotopic (exact) mass is 202 g/mol. The van der Waals surface area contributed by atoms with Gasteiger partial charge < -0.3 is 9.64 Å². The molecule has 3 nitrogen and oxygen atoms in total. The molecule has 78 valence electrons. The van der Waals surface area contributed by atoms with E-state index in [2.05, 4.69) is 23.7 Å².